The lowest BCUT2D eigenvalue weighted by Gasteiger charge is -2.28. The van der Waals surface area contributed by atoms with Gasteiger partial charge in [0.2, 0.25) is 0 Å². The minimum atomic E-state index is -0.161. The lowest BCUT2D eigenvalue weighted by atomic mass is 10.0. The molecule has 1 aliphatic heterocycles. The number of amides is 1. The molecule has 3 aromatic rings. The van der Waals surface area contributed by atoms with E-state index in [2.05, 4.69) is 46.5 Å². The number of hydrogen-bond acceptors (Lipinski definition) is 3. The number of carbonyl (C=O) groups excluding carboxylic acids is 1. The summed E-state index contributed by atoms with van der Waals surface area (Å²) in [6, 6.07) is 14.1. The molecule has 1 aliphatic rings. The van der Waals surface area contributed by atoms with E-state index in [-0.39, 0.29) is 11.9 Å². The molecule has 6 heteroatoms. The van der Waals surface area contributed by atoms with Crippen LogP contribution in [0.15, 0.2) is 48.7 Å². The SMILES string of the molecule is Cc1ccc(C(CNC(=O)c2cc3cc(Cl)ccn3n2)N2CCCC2)cc1. The van der Waals surface area contributed by atoms with Crippen LogP contribution in [0, 0.1) is 6.92 Å². The quantitative estimate of drug-likeness (QED) is 0.728. The van der Waals surface area contributed by atoms with Gasteiger partial charge in [-0.3, -0.25) is 9.69 Å². The predicted molar refractivity (Wildman–Crippen MR) is 107 cm³/mol. The molecule has 140 valence electrons. The average Bonchev–Trinajstić information content (AvgIpc) is 3.32. The number of benzene rings is 1. The van der Waals surface area contributed by atoms with Crippen LogP contribution in [-0.2, 0) is 0 Å². The Hall–Kier alpha value is -2.37. The van der Waals surface area contributed by atoms with Crippen molar-refractivity contribution in [2.75, 3.05) is 19.6 Å². The largest absolute Gasteiger partial charge is 0.349 e. The Morgan fingerprint density at radius 1 is 1.19 bits per heavy atom. The van der Waals surface area contributed by atoms with Gasteiger partial charge in [-0.2, -0.15) is 5.10 Å². The lowest BCUT2D eigenvalue weighted by molar-refractivity contribution is 0.0932. The molecular weight excluding hydrogens is 360 g/mol. The van der Waals surface area contributed by atoms with E-state index in [0.717, 1.165) is 18.6 Å². The average molecular weight is 383 g/mol. The molecule has 1 fully saturated rings. The van der Waals surface area contributed by atoms with Crippen molar-refractivity contribution in [3.63, 3.8) is 0 Å². The van der Waals surface area contributed by atoms with E-state index in [1.165, 1.54) is 24.0 Å². The van der Waals surface area contributed by atoms with Gasteiger partial charge in [0.15, 0.2) is 5.69 Å². The van der Waals surface area contributed by atoms with Gasteiger partial charge in [-0.15, -0.1) is 0 Å². The van der Waals surface area contributed by atoms with Crippen LogP contribution in [0.5, 0.6) is 0 Å². The summed E-state index contributed by atoms with van der Waals surface area (Å²) in [7, 11) is 0. The fraction of sp³-hybridized carbons (Fsp3) is 0.333. The van der Waals surface area contributed by atoms with Crippen molar-refractivity contribution in [3.8, 4) is 0 Å². The Morgan fingerprint density at radius 3 is 2.67 bits per heavy atom. The second-order valence-corrected chi connectivity index (χ2v) is 7.56. The number of halogens is 1. The first-order valence-electron chi connectivity index (χ1n) is 9.34. The van der Waals surface area contributed by atoms with Crippen LogP contribution in [0.25, 0.3) is 5.52 Å². The molecule has 0 aliphatic carbocycles. The molecule has 1 unspecified atom stereocenters. The van der Waals surface area contributed by atoms with Gasteiger partial charge in [0, 0.05) is 17.8 Å². The Morgan fingerprint density at radius 2 is 1.93 bits per heavy atom. The zero-order chi connectivity index (χ0) is 18.8. The van der Waals surface area contributed by atoms with Crippen molar-refractivity contribution in [1.82, 2.24) is 19.8 Å². The standard InChI is InChI=1S/C21H23ClN4O/c1-15-4-6-16(7-5-15)20(25-9-2-3-10-25)14-23-21(27)19-13-18-12-17(22)8-11-26(18)24-19/h4-8,11-13,20H,2-3,9-10,14H2,1H3,(H,23,27). The number of pyridine rings is 1. The van der Waals surface area contributed by atoms with Gasteiger partial charge in [0.25, 0.3) is 5.91 Å². The minimum Gasteiger partial charge on any atom is -0.349 e. The summed E-state index contributed by atoms with van der Waals surface area (Å²) in [5.74, 6) is -0.161. The van der Waals surface area contributed by atoms with Crippen LogP contribution in [0.1, 0.15) is 40.5 Å². The van der Waals surface area contributed by atoms with Gasteiger partial charge in [0.05, 0.1) is 11.6 Å². The maximum atomic E-state index is 12.7. The van der Waals surface area contributed by atoms with Gasteiger partial charge >= 0.3 is 0 Å². The van der Waals surface area contributed by atoms with E-state index in [4.69, 9.17) is 11.6 Å². The van der Waals surface area contributed by atoms with Gasteiger partial charge in [-0.25, -0.2) is 4.52 Å². The first-order chi connectivity index (χ1) is 13.1. The van der Waals surface area contributed by atoms with Crippen molar-refractivity contribution < 1.29 is 4.79 Å². The van der Waals surface area contributed by atoms with E-state index in [0.29, 0.717) is 17.3 Å². The fourth-order valence-corrected chi connectivity index (χ4v) is 3.83. The van der Waals surface area contributed by atoms with Crippen LogP contribution in [0.2, 0.25) is 5.02 Å². The summed E-state index contributed by atoms with van der Waals surface area (Å²) in [6.45, 7) is 4.80. The third kappa shape index (κ3) is 3.99. The molecule has 0 spiro atoms. The number of fused-ring (bicyclic) bond motifs is 1. The normalized spacial score (nSPS) is 15.9. The summed E-state index contributed by atoms with van der Waals surface area (Å²) >= 11 is 6.01. The van der Waals surface area contributed by atoms with E-state index in [1.807, 2.05) is 0 Å². The summed E-state index contributed by atoms with van der Waals surface area (Å²) < 4.78 is 1.67. The Kier molecular flexibility index (Phi) is 5.14. The highest BCUT2D eigenvalue weighted by Gasteiger charge is 2.24. The molecule has 0 radical (unpaired) electrons. The molecule has 3 heterocycles. The van der Waals surface area contributed by atoms with Crippen molar-refractivity contribution in [2.45, 2.75) is 25.8 Å². The second kappa shape index (κ2) is 7.71. The minimum absolute atomic E-state index is 0.161. The maximum Gasteiger partial charge on any atom is 0.271 e. The summed E-state index contributed by atoms with van der Waals surface area (Å²) in [5, 5.41) is 8.05. The Labute approximate surface area is 163 Å². The highest BCUT2D eigenvalue weighted by molar-refractivity contribution is 6.30. The summed E-state index contributed by atoms with van der Waals surface area (Å²) in [5.41, 5.74) is 3.69. The van der Waals surface area contributed by atoms with Gasteiger partial charge in [0.1, 0.15) is 0 Å². The first-order valence-corrected chi connectivity index (χ1v) is 9.72. The van der Waals surface area contributed by atoms with Crippen molar-refractivity contribution in [1.29, 1.82) is 0 Å². The maximum absolute atomic E-state index is 12.7. The molecule has 5 nitrogen and oxygen atoms in total. The van der Waals surface area contributed by atoms with Gasteiger partial charge in [-0.05, 0) is 56.6 Å². The molecule has 0 saturated carbocycles. The molecular formula is C21H23ClN4O. The fourth-order valence-electron chi connectivity index (χ4n) is 3.66. The number of aryl methyl sites for hydroxylation is 1. The number of hydrogen-bond donors (Lipinski definition) is 1. The third-order valence-corrected chi connectivity index (χ3v) is 5.39. The number of nitrogens with zero attached hydrogens (tertiary/aromatic N) is 3. The van der Waals surface area contributed by atoms with Crippen LogP contribution >= 0.6 is 11.6 Å². The molecule has 0 bridgehead atoms. The van der Waals surface area contributed by atoms with Crippen molar-refractivity contribution in [3.05, 3.63) is 70.5 Å². The van der Waals surface area contributed by atoms with Crippen molar-refractivity contribution in [2.24, 2.45) is 0 Å². The smallest absolute Gasteiger partial charge is 0.271 e. The predicted octanol–water partition coefficient (Wildman–Crippen LogP) is 3.86. The van der Waals surface area contributed by atoms with E-state index >= 15 is 0 Å². The molecule has 1 N–H and O–H groups in total. The topological polar surface area (TPSA) is 49.6 Å². The molecule has 1 amide bonds. The molecule has 27 heavy (non-hydrogen) atoms. The van der Waals surface area contributed by atoms with E-state index < -0.39 is 0 Å². The second-order valence-electron chi connectivity index (χ2n) is 7.12. The van der Waals surface area contributed by atoms with Gasteiger partial charge in [-0.1, -0.05) is 41.4 Å². The molecule has 2 aromatic heterocycles. The van der Waals surface area contributed by atoms with Crippen molar-refractivity contribution >= 4 is 23.0 Å². The number of nitrogens with one attached hydrogen (secondary N) is 1. The Balaban J connectivity index is 1.50. The molecule has 1 saturated heterocycles. The molecule has 4 rings (SSSR count). The van der Waals surface area contributed by atoms with Crippen LogP contribution in [0.4, 0.5) is 0 Å². The zero-order valence-electron chi connectivity index (χ0n) is 15.4. The number of rotatable bonds is 5. The lowest BCUT2D eigenvalue weighted by Crippen LogP contribution is -2.37. The first kappa shape index (κ1) is 18.0. The van der Waals surface area contributed by atoms with Crippen LogP contribution in [0.3, 0.4) is 0 Å². The molecule has 1 atom stereocenters. The summed E-state index contributed by atoms with van der Waals surface area (Å²) in [6.07, 6.45) is 4.18. The number of carbonyl (C=O) groups is 1. The van der Waals surface area contributed by atoms with Gasteiger partial charge < -0.3 is 5.32 Å². The Bertz CT molecular complexity index is 944. The number of likely N-dealkylation sites (tertiary alicyclic amines) is 1. The molecule has 1 aromatic carbocycles. The highest BCUT2D eigenvalue weighted by Crippen LogP contribution is 2.25. The van der Waals surface area contributed by atoms with Crippen LogP contribution in [-0.4, -0.2) is 40.1 Å². The van der Waals surface area contributed by atoms with Crippen LogP contribution < -0.4 is 5.32 Å². The third-order valence-electron chi connectivity index (χ3n) is 5.16. The highest BCUT2D eigenvalue weighted by atomic mass is 35.5. The monoisotopic (exact) mass is 382 g/mol. The summed E-state index contributed by atoms with van der Waals surface area (Å²) in [4.78, 5) is 15.1. The zero-order valence-corrected chi connectivity index (χ0v) is 16.1. The number of aromatic nitrogens is 2. The van der Waals surface area contributed by atoms with E-state index in [1.54, 1.807) is 28.9 Å². The van der Waals surface area contributed by atoms with E-state index in [9.17, 15) is 4.79 Å².